The molecule has 2 unspecified atom stereocenters. The molecule has 22 heavy (non-hydrogen) atoms. The summed E-state index contributed by atoms with van der Waals surface area (Å²) in [4.78, 5) is 5.20. The van der Waals surface area contributed by atoms with Crippen molar-refractivity contribution < 1.29 is 14.1 Å². The van der Waals surface area contributed by atoms with Crippen LogP contribution in [-0.2, 0) is 22.1 Å². The van der Waals surface area contributed by atoms with Crippen LogP contribution in [0.4, 0.5) is 0 Å². The maximum Gasteiger partial charge on any atom is 0.0793 e. The molecule has 6 heteroatoms. The van der Waals surface area contributed by atoms with Gasteiger partial charge in [0.15, 0.2) is 0 Å². The van der Waals surface area contributed by atoms with Gasteiger partial charge in [-0.15, -0.1) is 0 Å². The number of β-amino-alcohol motifs (C(OH)–C–C–N with tert-alkyl or cyclic N) is 1. The van der Waals surface area contributed by atoms with E-state index in [1.807, 2.05) is 31.3 Å². The number of aliphatic hydroxyl groups is 1. The molecule has 2 rings (SSSR count). The van der Waals surface area contributed by atoms with Gasteiger partial charge in [0.2, 0.25) is 0 Å². The zero-order valence-corrected chi connectivity index (χ0v) is 14.2. The van der Waals surface area contributed by atoms with Crippen LogP contribution in [0.25, 0.3) is 0 Å². The summed E-state index contributed by atoms with van der Waals surface area (Å²) in [7, 11) is 1.08. The van der Waals surface area contributed by atoms with Crippen molar-refractivity contribution in [3.05, 3.63) is 29.8 Å². The first-order valence-corrected chi connectivity index (χ1v) is 9.19. The maximum absolute atomic E-state index is 11.4. The Morgan fingerprint density at radius 3 is 2.55 bits per heavy atom. The summed E-state index contributed by atoms with van der Waals surface area (Å²) in [6, 6.07) is 7.82. The Morgan fingerprint density at radius 1 is 1.32 bits per heavy atom. The third-order valence-corrected chi connectivity index (χ3v) is 4.74. The average molecular weight is 326 g/mol. The molecule has 5 nitrogen and oxygen atoms in total. The molecule has 0 spiro atoms. The van der Waals surface area contributed by atoms with Gasteiger partial charge in [-0.1, -0.05) is 12.1 Å². The molecular weight excluding hydrogens is 300 g/mol. The molecular formula is C16H26N2O3S. The van der Waals surface area contributed by atoms with Crippen LogP contribution in [0.5, 0.6) is 0 Å². The van der Waals surface area contributed by atoms with Crippen LogP contribution in [0.3, 0.4) is 0 Å². The summed E-state index contributed by atoms with van der Waals surface area (Å²) in [5, 5.41) is 10.2. The molecule has 0 aromatic heterocycles. The highest BCUT2D eigenvalue weighted by Crippen LogP contribution is 2.10. The van der Waals surface area contributed by atoms with Crippen molar-refractivity contribution in [2.45, 2.75) is 17.5 Å². The second kappa shape index (κ2) is 8.74. The lowest BCUT2D eigenvalue weighted by molar-refractivity contribution is 0.00825. The van der Waals surface area contributed by atoms with Gasteiger partial charge in [-0.25, -0.2) is 0 Å². The second-order valence-corrected chi connectivity index (χ2v) is 7.24. The van der Waals surface area contributed by atoms with E-state index in [9.17, 15) is 9.32 Å². The molecule has 1 N–H and O–H groups in total. The van der Waals surface area contributed by atoms with E-state index in [0.29, 0.717) is 13.1 Å². The SMILES string of the molecule is CN(Cc1ccc(S(C)=O)cc1)CC(O)CN1CCOCC1. The van der Waals surface area contributed by atoms with Crippen molar-refractivity contribution in [3.8, 4) is 0 Å². The number of ether oxygens (including phenoxy) is 1. The molecule has 1 aromatic rings. The van der Waals surface area contributed by atoms with Gasteiger partial charge in [-0.3, -0.25) is 14.0 Å². The molecule has 1 fully saturated rings. The van der Waals surface area contributed by atoms with Crippen molar-refractivity contribution in [1.29, 1.82) is 0 Å². The van der Waals surface area contributed by atoms with Crippen LogP contribution in [0.2, 0.25) is 0 Å². The normalized spacial score (nSPS) is 19.3. The van der Waals surface area contributed by atoms with Crippen LogP contribution in [0.1, 0.15) is 5.56 Å². The first-order chi connectivity index (χ1) is 10.5. The first kappa shape index (κ1) is 17.6. The molecule has 124 valence electrons. The Labute approximate surface area is 135 Å². The monoisotopic (exact) mass is 326 g/mol. The van der Waals surface area contributed by atoms with Crippen molar-refractivity contribution in [1.82, 2.24) is 9.80 Å². The number of hydrogen-bond acceptors (Lipinski definition) is 5. The van der Waals surface area contributed by atoms with Crippen molar-refractivity contribution in [2.75, 3.05) is 52.7 Å². The number of benzene rings is 1. The van der Waals surface area contributed by atoms with Crippen molar-refractivity contribution in [3.63, 3.8) is 0 Å². The topological polar surface area (TPSA) is 53.0 Å². The molecule has 0 saturated carbocycles. The zero-order chi connectivity index (χ0) is 15.9. The molecule has 1 aliphatic heterocycles. The molecule has 0 aliphatic carbocycles. The second-order valence-electron chi connectivity index (χ2n) is 5.86. The molecule has 0 radical (unpaired) electrons. The van der Waals surface area contributed by atoms with E-state index in [-0.39, 0.29) is 6.10 Å². The fourth-order valence-electron chi connectivity index (χ4n) is 2.66. The van der Waals surface area contributed by atoms with Crippen molar-refractivity contribution in [2.24, 2.45) is 0 Å². The smallest absolute Gasteiger partial charge is 0.0793 e. The molecule has 1 saturated heterocycles. The minimum atomic E-state index is -0.933. The standard InChI is InChI=1S/C16H26N2O3S/c1-17(11-14-3-5-16(6-4-14)22(2)20)12-15(19)13-18-7-9-21-10-8-18/h3-6,15,19H,7-13H2,1-2H3. The van der Waals surface area contributed by atoms with Gasteiger partial charge in [-0.05, 0) is 24.7 Å². The highest BCUT2D eigenvalue weighted by atomic mass is 32.2. The third kappa shape index (κ3) is 5.78. The molecule has 2 atom stereocenters. The number of likely N-dealkylation sites (N-methyl/N-ethyl adjacent to an activating group) is 1. The Bertz CT molecular complexity index is 475. The predicted octanol–water partition coefficient (Wildman–Crippen LogP) is 0.549. The Morgan fingerprint density at radius 2 is 1.95 bits per heavy atom. The Kier molecular flexibility index (Phi) is 6.98. The van der Waals surface area contributed by atoms with E-state index in [1.165, 1.54) is 0 Å². The fraction of sp³-hybridized carbons (Fsp3) is 0.625. The molecule has 0 amide bonds. The lowest BCUT2D eigenvalue weighted by atomic mass is 10.2. The van der Waals surface area contributed by atoms with Gasteiger partial charge in [0.05, 0.1) is 19.3 Å². The van der Waals surface area contributed by atoms with Gasteiger partial charge in [-0.2, -0.15) is 0 Å². The van der Waals surface area contributed by atoms with E-state index in [2.05, 4.69) is 9.80 Å². The lowest BCUT2D eigenvalue weighted by Crippen LogP contribution is -2.43. The number of nitrogens with zero attached hydrogens (tertiary/aromatic N) is 2. The molecule has 1 aromatic carbocycles. The van der Waals surface area contributed by atoms with Gasteiger partial charge in [0.1, 0.15) is 0 Å². The van der Waals surface area contributed by atoms with Crippen LogP contribution in [0, 0.1) is 0 Å². The predicted molar refractivity (Wildman–Crippen MR) is 88.4 cm³/mol. The van der Waals surface area contributed by atoms with E-state index < -0.39 is 10.8 Å². The largest absolute Gasteiger partial charge is 0.390 e. The van der Waals surface area contributed by atoms with Crippen LogP contribution in [0.15, 0.2) is 29.2 Å². The van der Waals surface area contributed by atoms with E-state index >= 15 is 0 Å². The quantitative estimate of drug-likeness (QED) is 0.793. The summed E-state index contributed by atoms with van der Waals surface area (Å²) in [6.07, 6.45) is 1.33. The number of aliphatic hydroxyl groups excluding tert-OH is 1. The van der Waals surface area contributed by atoms with Crippen LogP contribution >= 0.6 is 0 Å². The highest BCUT2D eigenvalue weighted by Gasteiger charge is 2.16. The first-order valence-electron chi connectivity index (χ1n) is 7.63. The zero-order valence-electron chi connectivity index (χ0n) is 13.4. The Balaban J connectivity index is 1.76. The average Bonchev–Trinajstić information content (AvgIpc) is 2.48. The summed E-state index contributed by atoms with van der Waals surface area (Å²) in [6.45, 7) is 5.42. The number of hydrogen-bond donors (Lipinski definition) is 1. The molecule has 1 heterocycles. The fourth-order valence-corrected chi connectivity index (χ4v) is 3.18. The summed E-state index contributed by atoms with van der Waals surface area (Å²) in [5.74, 6) is 0. The number of morpholine rings is 1. The summed E-state index contributed by atoms with van der Waals surface area (Å²) in [5.41, 5.74) is 1.16. The van der Waals surface area contributed by atoms with Gasteiger partial charge >= 0.3 is 0 Å². The highest BCUT2D eigenvalue weighted by molar-refractivity contribution is 7.84. The lowest BCUT2D eigenvalue weighted by Gasteiger charge is -2.30. The Hall–Kier alpha value is -0.790. The van der Waals surface area contributed by atoms with Crippen LogP contribution < -0.4 is 0 Å². The van der Waals surface area contributed by atoms with E-state index in [1.54, 1.807) is 6.26 Å². The summed E-state index contributed by atoms with van der Waals surface area (Å²) >= 11 is 0. The minimum absolute atomic E-state index is 0.356. The summed E-state index contributed by atoms with van der Waals surface area (Å²) < 4.78 is 16.7. The van der Waals surface area contributed by atoms with Crippen LogP contribution in [-0.4, -0.2) is 77.9 Å². The minimum Gasteiger partial charge on any atom is -0.390 e. The van der Waals surface area contributed by atoms with Crippen molar-refractivity contribution >= 4 is 10.8 Å². The van der Waals surface area contributed by atoms with E-state index in [0.717, 1.165) is 43.3 Å². The van der Waals surface area contributed by atoms with Gasteiger partial charge in [0.25, 0.3) is 0 Å². The van der Waals surface area contributed by atoms with E-state index in [4.69, 9.17) is 4.74 Å². The maximum atomic E-state index is 11.4. The number of rotatable bonds is 7. The molecule has 1 aliphatic rings. The van der Waals surface area contributed by atoms with Gasteiger partial charge < -0.3 is 9.84 Å². The third-order valence-electron chi connectivity index (χ3n) is 3.80. The van der Waals surface area contributed by atoms with Gasteiger partial charge in [0, 0.05) is 54.7 Å². The molecule has 0 bridgehead atoms.